The summed E-state index contributed by atoms with van der Waals surface area (Å²) in [6, 6.07) is 4.48. The smallest absolute Gasteiger partial charge is 0.303 e. The van der Waals surface area contributed by atoms with E-state index in [1.807, 2.05) is 0 Å². The summed E-state index contributed by atoms with van der Waals surface area (Å²) in [7, 11) is 0. The molecule has 0 fully saturated rings. The molecule has 0 spiro atoms. The van der Waals surface area contributed by atoms with E-state index < -0.39 is 5.97 Å². The van der Waals surface area contributed by atoms with E-state index in [-0.39, 0.29) is 24.9 Å². The van der Waals surface area contributed by atoms with Gasteiger partial charge in [-0.15, -0.1) is 0 Å². The van der Waals surface area contributed by atoms with Crippen LogP contribution in [0, 0.1) is 5.82 Å². The fourth-order valence-corrected chi connectivity index (χ4v) is 1.73. The van der Waals surface area contributed by atoms with Crippen molar-refractivity contribution < 1.29 is 18.7 Å². The van der Waals surface area contributed by atoms with E-state index in [0.29, 0.717) is 11.1 Å². The topological polar surface area (TPSA) is 59.8 Å². The minimum absolute atomic E-state index is 0.0124. The third-order valence-corrected chi connectivity index (χ3v) is 2.58. The van der Waals surface area contributed by atoms with Gasteiger partial charge in [0.2, 0.25) is 0 Å². The van der Waals surface area contributed by atoms with Crippen molar-refractivity contribution in [2.24, 2.45) is 0 Å². The molecular weight excluding hydrogens is 251 g/mol. The zero-order valence-electron chi connectivity index (χ0n) is 10.4. The zero-order valence-corrected chi connectivity index (χ0v) is 10.4. The van der Waals surface area contributed by atoms with E-state index in [4.69, 9.17) is 0 Å². The van der Waals surface area contributed by atoms with Gasteiger partial charge in [0.1, 0.15) is 12.5 Å². The van der Waals surface area contributed by atoms with Crippen LogP contribution < -0.4 is 5.32 Å². The van der Waals surface area contributed by atoms with Gasteiger partial charge in [-0.2, -0.15) is 0 Å². The number of nitrogens with zero attached hydrogens (tertiary/aromatic N) is 1. The molecule has 6 heteroatoms. The standard InChI is InChI=1S/C13H13FN2O3/c1-9(17)19-8-15-6-13(18)11-4-5-16-7-10(14)2-3-12(11)16/h2-5,7,15H,6,8H2,1H3. The van der Waals surface area contributed by atoms with Crippen molar-refractivity contribution >= 4 is 17.3 Å². The number of pyridine rings is 1. The summed E-state index contributed by atoms with van der Waals surface area (Å²) in [5, 5.41) is 2.70. The Labute approximate surface area is 109 Å². The maximum Gasteiger partial charge on any atom is 0.303 e. The molecule has 19 heavy (non-hydrogen) atoms. The molecule has 0 aliphatic heterocycles. The molecule has 2 aromatic rings. The molecule has 0 atom stereocenters. The summed E-state index contributed by atoms with van der Waals surface area (Å²) in [5.74, 6) is -0.930. The quantitative estimate of drug-likeness (QED) is 0.383. The third kappa shape index (κ3) is 3.17. The first-order valence-electron chi connectivity index (χ1n) is 5.71. The number of halogens is 1. The predicted molar refractivity (Wildman–Crippen MR) is 66.3 cm³/mol. The maximum absolute atomic E-state index is 13.0. The fraction of sp³-hybridized carbons (Fsp3) is 0.231. The Balaban J connectivity index is 2.03. The Kier molecular flexibility index (Phi) is 3.91. The Morgan fingerprint density at radius 1 is 1.37 bits per heavy atom. The minimum atomic E-state index is -0.412. The first-order chi connectivity index (χ1) is 9.08. The van der Waals surface area contributed by atoms with Crippen molar-refractivity contribution in [2.45, 2.75) is 6.92 Å². The number of carbonyl (C=O) groups excluding carboxylic acids is 2. The van der Waals surface area contributed by atoms with Crippen LogP contribution in [0.25, 0.3) is 5.52 Å². The Bertz CT molecular complexity index is 621. The number of hydrogen-bond acceptors (Lipinski definition) is 4. The van der Waals surface area contributed by atoms with E-state index in [1.54, 1.807) is 22.7 Å². The normalized spacial score (nSPS) is 10.6. The van der Waals surface area contributed by atoms with Crippen molar-refractivity contribution in [3.8, 4) is 0 Å². The van der Waals surface area contributed by atoms with E-state index in [2.05, 4.69) is 10.1 Å². The van der Waals surface area contributed by atoms with Crippen LogP contribution in [-0.4, -0.2) is 29.4 Å². The highest BCUT2D eigenvalue weighted by Crippen LogP contribution is 2.14. The SMILES string of the molecule is CC(=O)OCNCC(=O)c1ccn2cc(F)ccc12. The Morgan fingerprint density at radius 3 is 2.89 bits per heavy atom. The molecule has 0 aliphatic rings. The number of hydrogen-bond donors (Lipinski definition) is 1. The molecule has 100 valence electrons. The van der Waals surface area contributed by atoms with Crippen LogP contribution in [0.4, 0.5) is 4.39 Å². The summed E-state index contributed by atoms with van der Waals surface area (Å²) in [4.78, 5) is 22.5. The number of carbonyl (C=O) groups is 2. The highest BCUT2D eigenvalue weighted by molar-refractivity contribution is 6.03. The number of ether oxygens (including phenoxy) is 1. The summed E-state index contributed by atoms with van der Waals surface area (Å²) >= 11 is 0. The average Bonchev–Trinajstić information content (AvgIpc) is 2.77. The molecule has 0 aromatic carbocycles. The van der Waals surface area contributed by atoms with Crippen molar-refractivity contribution in [3.63, 3.8) is 0 Å². The first-order valence-corrected chi connectivity index (χ1v) is 5.71. The van der Waals surface area contributed by atoms with Gasteiger partial charge in [0.15, 0.2) is 5.78 Å². The lowest BCUT2D eigenvalue weighted by molar-refractivity contribution is -0.141. The van der Waals surface area contributed by atoms with Crippen LogP contribution in [0.2, 0.25) is 0 Å². The molecule has 0 amide bonds. The number of Topliss-reactive ketones (excluding diaryl/α,β-unsaturated/α-hetero) is 1. The van der Waals surface area contributed by atoms with Crippen molar-refractivity contribution in [1.82, 2.24) is 9.72 Å². The van der Waals surface area contributed by atoms with E-state index in [9.17, 15) is 14.0 Å². The summed E-state index contributed by atoms with van der Waals surface area (Å²) < 4.78 is 19.2. The van der Waals surface area contributed by atoms with Gasteiger partial charge in [0, 0.05) is 24.9 Å². The predicted octanol–water partition coefficient (Wildman–Crippen LogP) is 1.37. The Hall–Kier alpha value is -2.21. The van der Waals surface area contributed by atoms with Gasteiger partial charge in [0.25, 0.3) is 0 Å². The lowest BCUT2D eigenvalue weighted by Crippen LogP contribution is -2.26. The molecule has 0 saturated carbocycles. The molecular formula is C13H13FN2O3. The molecule has 0 unspecified atom stereocenters. The lowest BCUT2D eigenvalue weighted by Gasteiger charge is -2.04. The number of rotatable bonds is 5. The minimum Gasteiger partial charge on any atom is -0.450 e. The van der Waals surface area contributed by atoms with Crippen molar-refractivity contribution in [1.29, 1.82) is 0 Å². The van der Waals surface area contributed by atoms with Gasteiger partial charge in [-0.05, 0) is 18.2 Å². The van der Waals surface area contributed by atoms with Crippen molar-refractivity contribution in [2.75, 3.05) is 13.3 Å². The molecule has 2 aromatic heterocycles. The molecule has 0 radical (unpaired) electrons. The van der Waals surface area contributed by atoms with Crippen LogP contribution in [0.5, 0.6) is 0 Å². The largest absolute Gasteiger partial charge is 0.450 e. The number of ketones is 1. The summed E-state index contributed by atoms with van der Waals surface area (Å²) in [5.41, 5.74) is 1.14. The second-order valence-electron chi connectivity index (χ2n) is 4.00. The van der Waals surface area contributed by atoms with Gasteiger partial charge >= 0.3 is 5.97 Å². The monoisotopic (exact) mass is 264 g/mol. The van der Waals surface area contributed by atoms with Crippen LogP contribution >= 0.6 is 0 Å². The molecule has 5 nitrogen and oxygen atoms in total. The first kappa shape index (κ1) is 13.2. The van der Waals surface area contributed by atoms with Crippen molar-refractivity contribution in [3.05, 3.63) is 42.0 Å². The summed E-state index contributed by atoms with van der Waals surface area (Å²) in [6.07, 6.45) is 2.93. The van der Waals surface area contributed by atoms with E-state index in [0.717, 1.165) is 0 Å². The molecule has 2 heterocycles. The third-order valence-electron chi connectivity index (χ3n) is 2.58. The van der Waals surface area contributed by atoms with E-state index in [1.165, 1.54) is 19.2 Å². The van der Waals surface area contributed by atoms with E-state index >= 15 is 0 Å². The highest BCUT2D eigenvalue weighted by Gasteiger charge is 2.11. The number of fused-ring (bicyclic) bond motifs is 1. The average molecular weight is 264 g/mol. The molecule has 2 rings (SSSR count). The van der Waals surface area contributed by atoms with Gasteiger partial charge in [-0.25, -0.2) is 4.39 Å². The Morgan fingerprint density at radius 2 is 2.16 bits per heavy atom. The second-order valence-corrected chi connectivity index (χ2v) is 4.00. The highest BCUT2D eigenvalue weighted by atomic mass is 19.1. The molecule has 0 saturated heterocycles. The summed E-state index contributed by atoms with van der Waals surface area (Å²) in [6.45, 7) is 1.32. The van der Waals surface area contributed by atoms with Gasteiger partial charge in [0.05, 0.1) is 12.1 Å². The fourth-order valence-electron chi connectivity index (χ4n) is 1.73. The zero-order chi connectivity index (χ0) is 13.8. The number of esters is 1. The molecule has 1 N–H and O–H groups in total. The molecule has 0 aliphatic carbocycles. The van der Waals surface area contributed by atoms with Crippen LogP contribution in [0.15, 0.2) is 30.6 Å². The van der Waals surface area contributed by atoms with Gasteiger partial charge < -0.3 is 9.14 Å². The number of aromatic nitrogens is 1. The van der Waals surface area contributed by atoms with Crippen LogP contribution in [0.1, 0.15) is 17.3 Å². The van der Waals surface area contributed by atoms with Crippen LogP contribution in [-0.2, 0) is 9.53 Å². The van der Waals surface area contributed by atoms with Gasteiger partial charge in [-0.3, -0.25) is 14.9 Å². The van der Waals surface area contributed by atoms with Gasteiger partial charge in [-0.1, -0.05) is 0 Å². The lowest BCUT2D eigenvalue weighted by atomic mass is 10.2. The second kappa shape index (κ2) is 5.62. The molecule has 0 bridgehead atoms. The number of nitrogens with one attached hydrogen (secondary N) is 1. The maximum atomic E-state index is 13.0. The van der Waals surface area contributed by atoms with Crippen LogP contribution in [0.3, 0.4) is 0 Å².